The summed E-state index contributed by atoms with van der Waals surface area (Å²) >= 11 is 6.38. The second-order valence-electron chi connectivity index (χ2n) is 6.70. The van der Waals surface area contributed by atoms with Crippen molar-refractivity contribution < 1.29 is 4.79 Å². The smallest absolute Gasteiger partial charge is 0.320 e. The van der Waals surface area contributed by atoms with Gasteiger partial charge in [0.1, 0.15) is 5.15 Å². The van der Waals surface area contributed by atoms with Crippen molar-refractivity contribution in [1.29, 1.82) is 0 Å². The lowest BCUT2D eigenvalue weighted by Gasteiger charge is -2.25. The summed E-state index contributed by atoms with van der Waals surface area (Å²) in [6, 6.07) is 19.1. The fourth-order valence-corrected chi connectivity index (χ4v) is 3.04. The Labute approximate surface area is 158 Å². The van der Waals surface area contributed by atoms with E-state index < -0.39 is 0 Å². The van der Waals surface area contributed by atoms with Gasteiger partial charge in [0.15, 0.2) is 0 Å². The van der Waals surface area contributed by atoms with Gasteiger partial charge in [-0.1, -0.05) is 61.8 Å². The number of nitrogens with one attached hydrogen (secondary N) is 1. The van der Waals surface area contributed by atoms with Crippen molar-refractivity contribution in [3.8, 4) is 0 Å². The minimum Gasteiger partial charge on any atom is -0.320 e. The highest BCUT2D eigenvalue weighted by atomic mass is 35.5. The SMILES string of the molecule is CC(C)CN(Cc1cc2ccccc2nc1Cl)C(=O)Nc1ccccc1. The molecule has 134 valence electrons. The molecule has 0 unspecified atom stereocenters. The first-order chi connectivity index (χ1) is 12.5. The monoisotopic (exact) mass is 367 g/mol. The summed E-state index contributed by atoms with van der Waals surface area (Å²) in [5.74, 6) is 0.337. The summed E-state index contributed by atoms with van der Waals surface area (Å²) in [7, 11) is 0. The van der Waals surface area contributed by atoms with E-state index in [9.17, 15) is 4.79 Å². The Balaban J connectivity index is 1.84. The molecule has 1 N–H and O–H groups in total. The zero-order valence-electron chi connectivity index (χ0n) is 14.9. The van der Waals surface area contributed by atoms with Gasteiger partial charge in [0.25, 0.3) is 0 Å². The summed E-state index contributed by atoms with van der Waals surface area (Å²) < 4.78 is 0. The normalized spacial score (nSPS) is 10.9. The zero-order chi connectivity index (χ0) is 18.5. The Kier molecular flexibility index (Phi) is 5.74. The first-order valence-corrected chi connectivity index (χ1v) is 9.06. The second-order valence-corrected chi connectivity index (χ2v) is 7.06. The molecule has 0 aliphatic rings. The molecule has 0 aliphatic heterocycles. The van der Waals surface area contributed by atoms with Crippen molar-refractivity contribution in [1.82, 2.24) is 9.88 Å². The maximum Gasteiger partial charge on any atom is 0.322 e. The van der Waals surface area contributed by atoms with Crippen LogP contribution >= 0.6 is 11.6 Å². The number of rotatable bonds is 5. The Morgan fingerprint density at radius 2 is 1.81 bits per heavy atom. The molecule has 0 spiro atoms. The lowest BCUT2D eigenvalue weighted by molar-refractivity contribution is 0.201. The number of aromatic nitrogens is 1. The molecule has 1 aromatic heterocycles. The Bertz CT molecular complexity index is 896. The van der Waals surface area contributed by atoms with Crippen LogP contribution in [0.25, 0.3) is 10.9 Å². The number of pyridine rings is 1. The number of anilines is 1. The molecule has 0 atom stereocenters. The van der Waals surface area contributed by atoms with E-state index in [1.165, 1.54) is 0 Å². The van der Waals surface area contributed by atoms with Crippen molar-refractivity contribution in [3.05, 3.63) is 71.4 Å². The third-order valence-electron chi connectivity index (χ3n) is 4.01. The number of amides is 2. The van der Waals surface area contributed by atoms with E-state index in [0.717, 1.165) is 22.2 Å². The maximum atomic E-state index is 12.8. The van der Waals surface area contributed by atoms with Gasteiger partial charge in [0, 0.05) is 23.2 Å². The third-order valence-corrected chi connectivity index (χ3v) is 4.34. The number of para-hydroxylation sites is 2. The molecule has 5 heteroatoms. The van der Waals surface area contributed by atoms with Crippen LogP contribution in [0.1, 0.15) is 19.4 Å². The molecule has 3 rings (SSSR count). The van der Waals surface area contributed by atoms with Gasteiger partial charge in [-0.2, -0.15) is 0 Å². The van der Waals surface area contributed by atoms with Gasteiger partial charge in [-0.3, -0.25) is 0 Å². The molecule has 0 aliphatic carbocycles. The van der Waals surface area contributed by atoms with E-state index in [2.05, 4.69) is 24.1 Å². The number of carbonyl (C=O) groups excluding carboxylic acids is 1. The second kappa shape index (κ2) is 8.19. The molecule has 2 amide bonds. The largest absolute Gasteiger partial charge is 0.322 e. The van der Waals surface area contributed by atoms with Crippen LogP contribution < -0.4 is 5.32 Å². The van der Waals surface area contributed by atoms with Crippen molar-refractivity contribution in [2.45, 2.75) is 20.4 Å². The molecule has 26 heavy (non-hydrogen) atoms. The average Bonchev–Trinajstić information content (AvgIpc) is 2.62. The van der Waals surface area contributed by atoms with Gasteiger partial charge in [-0.15, -0.1) is 0 Å². The molecule has 2 aromatic carbocycles. The average molecular weight is 368 g/mol. The number of urea groups is 1. The molecule has 0 fully saturated rings. The summed E-state index contributed by atoms with van der Waals surface area (Å²) in [5.41, 5.74) is 2.47. The van der Waals surface area contributed by atoms with E-state index in [4.69, 9.17) is 11.6 Å². The molecule has 4 nitrogen and oxygen atoms in total. The van der Waals surface area contributed by atoms with E-state index in [-0.39, 0.29) is 6.03 Å². The molecule has 0 saturated heterocycles. The minimum atomic E-state index is -0.144. The number of hydrogen-bond donors (Lipinski definition) is 1. The lowest BCUT2D eigenvalue weighted by atomic mass is 10.1. The van der Waals surface area contributed by atoms with Crippen molar-refractivity contribution >= 4 is 34.2 Å². The number of nitrogens with zero attached hydrogens (tertiary/aromatic N) is 2. The van der Waals surface area contributed by atoms with Gasteiger partial charge >= 0.3 is 6.03 Å². The number of hydrogen-bond acceptors (Lipinski definition) is 2. The predicted molar refractivity (Wildman–Crippen MR) is 107 cm³/mol. The van der Waals surface area contributed by atoms with Crippen LogP contribution in [0, 0.1) is 5.92 Å². The van der Waals surface area contributed by atoms with E-state index in [0.29, 0.717) is 24.2 Å². The topological polar surface area (TPSA) is 45.2 Å². The van der Waals surface area contributed by atoms with Crippen LogP contribution in [0.3, 0.4) is 0 Å². The lowest BCUT2D eigenvalue weighted by Crippen LogP contribution is -2.37. The van der Waals surface area contributed by atoms with Crippen LogP contribution in [0.2, 0.25) is 5.15 Å². The summed E-state index contributed by atoms with van der Waals surface area (Å²) in [5, 5.41) is 4.40. The molecule has 0 bridgehead atoms. The highest BCUT2D eigenvalue weighted by Crippen LogP contribution is 2.22. The third kappa shape index (κ3) is 4.52. The zero-order valence-corrected chi connectivity index (χ0v) is 15.7. The summed E-state index contributed by atoms with van der Waals surface area (Å²) in [4.78, 5) is 19.0. The molecular weight excluding hydrogens is 346 g/mol. The summed E-state index contributed by atoms with van der Waals surface area (Å²) in [6.07, 6.45) is 0. The van der Waals surface area contributed by atoms with Gasteiger partial charge in [-0.05, 0) is 30.2 Å². The van der Waals surface area contributed by atoms with Crippen LogP contribution in [-0.4, -0.2) is 22.5 Å². The van der Waals surface area contributed by atoms with Gasteiger partial charge in [-0.25, -0.2) is 9.78 Å². The minimum absolute atomic E-state index is 0.144. The molecular formula is C21H22ClN3O. The standard InChI is InChI=1S/C21H22ClN3O/c1-15(2)13-25(21(26)23-18-9-4-3-5-10-18)14-17-12-16-8-6-7-11-19(16)24-20(17)22/h3-12,15H,13-14H2,1-2H3,(H,23,26). The van der Waals surface area contributed by atoms with E-state index in [1.807, 2.05) is 60.7 Å². The van der Waals surface area contributed by atoms with Crippen molar-refractivity contribution in [3.63, 3.8) is 0 Å². The quantitative estimate of drug-likeness (QED) is 0.598. The van der Waals surface area contributed by atoms with Gasteiger partial charge in [0.2, 0.25) is 0 Å². The fraction of sp³-hybridized carbons (Fsp3) is 0.238. The van der Waals surface area contributed by atoms with E-state index in [1.54, 1.807) is 4.90 Å². The fourth-order valence-electron chi connectivity index (χ4n) is 2.84. The number of halogens is 1. The highest BCUT2D eigenvalue weighted by molar-refractivity contribution is 6.30. The molecule has 0 saturated carbocycles. The highest BCUT2D eigenvalue weighted by Gasteiger charge is 2.18. The Morgan fingerprint density at radius 3 is 2.54 bits per heavy atom. The maximum absolute atomic E-state index is 12.8. The van der Waals surface area contributed by atoms with Crippen molar-refractivity contribution in [2.75, 3.05) is 11.9 Å². The molecule has 3 aromatic rings. The first-order valence-electron chi connectivity index (χ1n) is 8.68. The number of fused-ring (bicyclic) bond motifs is 1. The first kappa shape index (κ1) is 18.2. The number of carbonyl (C=O) groups is 1. The van der Waals surface area contributed by atoms with Crippen LogP contribution in [0.15, 0.2) is 60.7 Å². The molecule has 1 heterocycles. The van der Waals surface area contributed by atoms with Gasteiger partial charge < -0.3 is 10.2 Å². The van der Waals surface area contributed by atoms with E-state index >= 15 is 0 Å². The predicted octanol–water partition coefficient (Wildman–Crippen LogP) is 5.58. The van der Waals surface area contributed by atoms with Crippen LogP contribution in [0.4, 0.5) is 10.5 Å². The van der Waals surface area contributed by atoms with Crippen LogP contribution in [0.5, 0.6) is 0 Å². The van der Waals surface area contributed by atoms with Crippen LogP contribution in [-0.2, 0) is 6.54 Å². The summed E-state index contributed by atoms with van der Waals surface area (Å²) in [6.45, 7) is 5.21. The van der Waals surface area contributed by atoms with Crippen molar-refractivity contribution in [2.24, 2.45) is 5.92 Å². The van der Waals surface area contributed by atoms with Gasteiger partial charge in [0.05, 0.1) is 12.1 Å². The number of benzene rings is 2. The molecule has 0 radical (unpaired) electrons. The Morgan fingerprint density at radius 1 is 1.12 bits per heavy atom. The Hall–Kier alpha value is -2.59.